The molecule has 108 valence electrons. The number of carbonyl (C=O) groups is 1. The van der Waals surface area contributed by atoms with Gasteiger partial charge in [-0.15, -0.1) is 0 Å². The summed E-state index contributed by atoms with van der Waals surface area (Å²) >= 11 is 0. The van der Waals surface area contributed by atoms with Crippen molar-refractivity contribution in [2.75, 3.05) is 11.9 Å². The van der Waals surface area contributed by atoms with Gasteiger partial charge in [0, 0.05) is 18.2 Å². The fraction of sp³-hybridized carbons (Fsp3) is 0.235. The van der Waals surface area contributed by atoms with E-state index in [1.54, 1.807) is 24.3 Å². The summed E-state index contributed by atoms with van der Waals surface area (Å²) in [6.07, 6.45) is 0.962. The Morgan fingerprint density at radius 3 is 2.71 bits per heavy atom. The average Bonchev–Trinajstić information content (AvgIpc) is 2.95. The molecule has 1 atom stereocenters. The third-order valence-corrected chi connectivity index (χ3v) is 3.73. The molecule has 1 unspecified atom stereocenters. The van der Waals surface area contributed by atoms with Gasteiger partial charge in [-0.3, -0.25) is 0 Å². The highest BCUT2D eigenvalue weighted by atomic mass is 16.5. The first-order chi connectivity index (χ1) is 10.1. The molecule has 21 heavy (non-hydrogen) atoms. The molecule has 4 heteroatoms. The normalized spacial score (nSPS) is 14.1. The molecular weight excluding hydrogens is 266 g/mol. The smallest absolute Gasteiger partial charge is 0.335 e. The van der Waals surface area contributed by atoms with Crippen LogP contribution in [0.1, 0.15) is 34.5 Å². The number of ether oxygens (including phenoxy) is 1. The molecule has 2 aromatic rings. The van der Waals surface area contributed by atoms with Crippen LogP contribution in [0.4, 0.5) is 5.69 Å². The first-order valence-corrected chi connectivity index (χ1v) is 6.99. The zero-order valence-electron chi connectivity index (χ0n) is 11.8. The SMILES string of the molecule is CC(Nc1ccc(C(=O)O)cc1)c1ccc2c(c1)CCO2. The van der Waals surface area contributed by atoms with Crippen LogP contribution < -0.4 is 10.1 Å². The molecule has 4 nitrogen and oxygen atoms in total. The van der Waals surface area contributed by atoms with Gasteiger partial charge < -0.3 is 15.2 Å². The summed E-state index contributed by atoms with van der Waals surface area (Å²) in [5.74, 6) is 0.0741. The number of carboxylic acid groups (broad SMARTS) is 1. The topological polar surface area (TPSA) is 58.6 Å². The van der Waals surface area contributed by atoms with Gasteiger partial charge in [-0.1, -0.05) is 6.07 Å². The summed E-state index contributed by atoms with van der Waals surface area (Å²) < 4.78 is 5.51. The lowest BCUT2D eigenvalue weighted by Gasteiger charge is -2.16. The molecule has 1 heterocycles. The average molecular weight is 283 g/mol. The lowest BCUT2D eigenvalue weighted by atomic mass is 10.0. The lowest BCUT2D eigenvalue weighted by molar-refractivity contribution is 0.0697. The molecule has 0 saturated carbocycles. The molecule has 1 aliphatic rings. The lowest BCUT2D eigenvalue weighted by Crippen LogP contribution is -2.07. The second kappa shape index (κ2) is 5.48. The van der Waals surface area contributed by atoms with E-state index < -0.39 is 5.97 Å². The Morgan fingerprint density at radius 1 is 1.24 bits per heavy atom. The Balaban J connectivity index is 1.73. The van der Waals surface area contributed by atoms with Crippen molar-refractivity contribution in [2.45, 2.75) is 19.4 Å². The van der Waals surface area contributed by atoms with E-state index >= 15 is 0 Å². The van der Waals surface area contributed by atoms with E-state index in [0.717, 1.165) is 24.5 Å². The molecule has 2 N–H and O–H groups in total. The number of hydrogen-bond acceptors (Lipinski definition) is 3. The number of hydrogen-bond donors (Lipinski definition) is 2. The van der Waals surface area contributed by atoms with Crippen molar-refractivity contribution in [3.05, 3.63) is 59.2 Å². The minimum absolute atomic E-state index is 0.145. The largest absolute Gasteiger partial charge is 0.493 e. The van der Waals surface area contributed by atoms with E-state index in [1.165, 1.54) is 11.1 Å². The van der Waals surface area contributed by atoms with Crippen LogP contribution in [-0.4, -0.2) is 17.7 Å². The predicted molar refractivity (Wildman–Crippen MR) is 81.1 cm³/mol. The van der Waals surface area contributed by atoms with Gasteiger partial charge in [-0.05, 0) is 54.4 Å². The van der Waals surface area contributed by atoms with E-state index in [2.05, 4.69) is 24.4 Å². The Morgan fingerprint density at radius 2 is 2.00 bits per heavy atom. The maximum atomic E-state index is 10.8. The Kier molecular flexibility index (Phi) is 3.52. The number of nitrogens with one attached hydrogen (secondary N) is 1. The third kappa shape index (κ3) is 2.84. The summed E-state index contributed by atoms with van der Waals surface area (Å²) in [4.78, 5) is 10.8. The van der Waals surface area contributed by atoms with Crippen molar-refractivity contribution in [3.63, 3.8) is 0 Å². The molecule has 0 fully saturated rings. The monoisotopic (exact) mass is 283 g/mol. The van der Waals surface area contributed by atoms with Crippen LogP contribution >= 0.6 is 0 Å². The first kappa shape index (κ1) is 13.5. The minimum Gasteiger partial charge on any atom is -0.493 e. The van der Waals surface area contributed by atoms with Crippen molar-refractivity contribution in [1.29, 1.82) is 0 Å². The molecule has 0 amide bonds. The van der Waals surface area contributed by atoms with Crippen LogP contribution in [0.3, 0.4) is 0 Å². The van der Waals surface area contributed by atoms with Gasteiger partial charge in [0.2, 0.25) is 0 Å². The van der Waals surface area contributed by atoms with Crippen LogP contribution in [0.15, 0.2) is 42.5 Å². The summed E-state index contributed by atoms with van der Waals surface area (Å²) in [7, 11) is 0. The van der Waals surface area contributed by atoms with Crippen molar-refractivity contribution in [2.24, 2.45) is 0 Å². The van der Waals surface area contributed by atoms with Crippen LogP contribution in [0, 0.1) is 0 Å². The molecule has 0 spiro atoms. The maximum Gasteiger partial charge on any atom is 0.335 e. The number of aromatic carboxylic acids is 1. The zero-order valence-corrected chi connectivity index (χ0v) is 11.8. The molecule has 0 aromatic heterocycles. The summed E-state index contributed by atoms with van der Waals surface area (Å²) in [6, 6.07) is 13.2. The molecule has 0 bridgehead atoms. The van der Waals surface area contributed by atoms with Crippen LogP contribution in [-0.2, 0) is 6.42 Å². The number of benzene rings is 2. The first-order valence-electron chi connectivity index (χ1n) is 6.99. The fourth-order valence-electron chi connectivity index (χ4n) is 2.52. The van der Waals surface area contributed by atoms with Gasteiger partial charge in [0.15, 0.2) is 0 Å². The van der Waals surface area contributed by atoms with Crippen LogP contribution in [0.2, 0.25) is 0 Å². The zero-order chi connectivity index (χ0) is 14.8. The summed E-state index contributed by atoms with van der Waals surface area (Å²) in [5.41, 5.74) is 3.65. The van der Waals surface area contributed by atoms with Crippen molar-refractivity contribution in [3.8, 4) is 5.75 Å². The molecule has 2 aromatic carbocycles. The molecular formula is C17H17NO3. The summed E-state index contributed by atoms with van der Waals surface area (Å²) in [5, 5.41) is 12.3. The molecule has 0 radical (unpaired) electrons. The number of fused-ring (bicyclic) bond motifs is 1. The molecule has 1 aliphatic heterocycles. The minimum atomic E-state index is -0.909. The highest BCUT2D eigenvalue weighted by Gasteiger charge is 2.14. The van der Waals surface area contributed by atoms with Crippen molar-refractivity contribution >= 4 is 11.7 Å². The van der Waals surface area contributed by atoms with Gasteiger partial charge in [0.05, 0.1) is 12.2 Å². The Hall–Kier alpha value is -2.49. The number of rotatable bonds is 4. The maximum absolute atomic E-state index is 10.8. The van der Waals surface area contributed by atoms with E-state index in [4.69, 9.17) is 9.84 Å². The van der Waals surface area contributed by atoms with E-state index in [1.807, 2.05) is 6.07 Å². The highest BCUT2D eigenvalue weighted by molar-refractivity contribution is 5.88. The standard InChI is InChI=1S/C17H17NO3/c1-11(13-4-7-16-14(10-13)8-9-21-16)18-15-5-2-12(3-6-15)17(19)20/h2-7,10-11,18H,8-9H2,1H3,(H,19,20). The van der Waals surface area contributed by atoms with Gasteiger partial charge in [-0.2, -0.15) is 0 Å². The van der Waals surface area contributed by atoms with Crippen LogP contribution in [0.5, 0.6) is 5.75 Å². The number of anilines is 1. The van der Waals surface area contributed by atoms with Gasteiger partial charge in [0.25, 0.3) is 0 Å². The third-order valence-electron chi connectivity index (χ3n) is 3.73. The van der Waals surface area contributed by atoms with Gasteiger partial charge in [0.1, 0.15) is 5.75 Å². The quantitative estimate of drug-likeness (QED) is 0.901. The van der Waals surface area contributed by atoms with E-state index in [9.17, 15) is 4.79 Å². The number of carboxylic acids is 1. The van der Waals surface area contributed by atoms with E-state index in [0.29, 0.717) is 5.56 Å². The molecule has 3 rings (SSSR count). The predicted octanol–water partition coefficient (Wildman–Crippen LogP) is 3.49. The van der Waals surface area contributed by atoms with Gasteiger partial charge in [-0.25, -0.2) is 4.79 Å². The highest BCUT2D eigenvalue weighted by Crippen LogP contribution is 2.29. The van der Waals surface area contributed by atoms with Crippen molar-refractivity contribution in [1.82, 2.24) is 0 Å². The fourth-order valence-corrected chi connectivity index (χ4v) is 2.52. The van der Waals surface area contributed by atoms with E-state index in [-0.39, 0.29) is 6.04 Å². The Labute approximate surface area is 123 Å². The van der Waals surface area contributed by atoms with Gasteiger partial charge >= 0.3 is 5.97 Å². The van der Waals surface area contributed by atoms with Crippen LogP contribution in [0.25, 0.3) is 0 Å². The summed E-state index contributed by atoms with van der Waals surface area (Å²) in [6.45, 7) is 2.85. The molecule has 0 aliphatic carbocycles. The second-order valence-electron chi connectivity index (χ2n) is 5.21. The molecule has 0 saturated heterocycles. The second-order valence-corrected chi connectivity index (χ2v) is 5.21. The Bertz CT molecular complexity index is 664. The van der Waals surface area contributed by atoms with Crippen molar-refractivity contribution < 1.29 is 14.6 Å².